The molecule has 0 spiro atoms. The van der Waals surface area contributed by atoms with Crippen molar-refractivity contribution in [2.75, 3.05) is 0 Å². The lowest BCUT2D eigenvalue weighted by Gasteiger charge is -2.51. The molecule has 2 N–H and O–H groups in total. The summed E-state index contributed by atoms with van der Waals surface area (Å²) in [6.45, 7) is 10.4. The third-order valence-corrected chi connectivity index (χ3v) is 5.10. The van der Waals surface area contributed by atoms with E-state index in [0.717, 1.165) is 19.3 Å². The molecule has 0 aromatic rings. The first kappa shape index (κ1) is 13.1. The number of allylic oxidation sites excluding steroid dienone is 1. The Balaban J connectivity index is 2.28. The zero-order valence-corrected chi connectivity index (χ0v) is 11.3. The SMILES string of the molecule is C=C1CCC(C(C)C)C2C1CCC(C)(O)C2O. The summed E-state index contributed by atoms with van der Waals surface area (Å²) in [5, 5.41) is 20.8. The molecule has 0 radical (unpaired) electrons. The van der Waals surface area contributed by atoms with E-state index in [1.807, 2.05) is 0 Å². The van der Waals surface area contributed by atoms with Crippen molar-refractivity contribution in [3.05, 3.63) is 12.2 Å². The van der Waals surface area contributed by atoms with Gasteiger partial charge in [0.1, 0.15) is 0 Å². The van der Waals surface area contributed by atoms with Crippen molar-refractivity contribution < 1.29 is 10.2 Å². The van der Waals surface area contributed by atoms with E-state index in [1.54, 1.807) is 6.92 Å². The fourth-order valence-corrected chi connectivity index (χ4v) is 3.94. The summed E-state index contributed by atoms with van der Waals surface area (Å²) in [6, 6.07) is 0. The lowest BCUT2D eigenvalue weighted by Crippen LogP contribution is -2.55. The molecular weight excluding hydrogens is 212 g/mol. The molecule has 2 fully saturated rings. The predicted octanol–water partition coefficient (Wildman–Crippen LogP) is 2.75. The van der Waals surface area contributed by atoms with Crippen molar-refractivity contribution in [2.24, 2.45) is 23.7 Å². The smallest absolute Gasteiger partial charge is 0.0880 e. The summed E-state index contributed by atoms with van der Waals surface area (Å²) in [4.78, 5) is 0. The average molecular weight is 238 g/mol. The summed E-state index contributed by atoms with van der Waals surface area (Å²) < 4.78 is 0. The average Bonchev–Trinajstić information content (AvgIpc) is 2.24. The van der Waals surface area contributed by atoms with Crippen molar-refractivity contribution in [1.29, 1.82) is 0 Å². The molecule has 0 aliphatic heterocycles. The first-order valence-corrected chi connectivity index (χ1v) is 6.92. The van der Waals surface area contributed by atoms with Gasteiger partial charge in [0.15, 0.2) is 0 Å². The monoisotopic (exact) mass is 238 g/mol. The van der Waals surface area contributed by atoms with Crippen molar-refractivity contribution in [1.82, 2.24) is 0 Å². The highest BCUT2D eigenvalue weighted by atomic mass is 16.3. The fourth-order valence-electron chi connectivity index (χ4n) is 3.94. The van der Waals surface area contributed by atoms with Crippen molar-refractivity contribution in [3.8, 4) is 0 Å². The Labute approximate surface area is 105 Å². The van der Waals surface area contributed by atoms with Gasteiger partial charge in [0.05, 0.1) is 11.7 Å². The molecule has 0 heterocycles. The molecule has 2 nitrogen and oxygen atoms in total. The molecule has 17 heavy (non-hydrogen) atoms. The maximum absolute atomic E-state index is 10.5. The Kier molecular flexibility index (Phi) is 3.39. The molecule has 2 rings (SSSR count). The molecule has 98 valence electrons. The number of hydrogen-bond acceptors (Lipinski definition) is 2. The second kappa shape index (κ2) is 4.40. The van der Waals surface area contributed by atoms with E-state index in [-0.39, 0.29) is 5.92 Å². The predicted molar refractivity (Wildman–Crippen MR) is 69.5 cm³/mol. The normalized spacial score (nSPS) is 47.1. The molecule has 2 heteroatoms. The molecule has 0 aromatic heterocycles. The van der Waals surface area contributed by atoms with E-state index in [2.05, 4.69) is 20.4 Å². The highest BCUT2D eigenvalue weighted by molar-refractivity contribution is 5.14. The van der Waals surface area contributed by atoms with Crippen molar-refractivity contribution in [3.63, 3.8) is 0 Å². The summed E-state index contributed by atoms with van der Waals surface area (Å²) in [5.41, 5.74) is 0.382. The topological polar surface area (TPSA) is 40.5 Å². The standard InChI is InChI=1S/C15H26O2/c1-9(2)11-6-5-10(3)12-7-8-15(4,17)14(16)13(11)12/h9,11-14,16-17H,3,5-8H2,1-2,4H3. The van der Waals surface area contributed by atoms with Crippen LogP contribution in [-0.2, 0) is 0 Å². The quantitative estimate of drug-likeness (QED) is 0.690. The van der Waals surface area contributed by atoms with Crippen LogP contribution in [0, 0.1) is 23.7 Å². The maximum atomic E-state index is 10.5. The van der Waals surface area contributed by atoms with Crippen LogP contribution in [0.5, 0.6) is 0 Å². The van der Waals surface area contributed by atoms with Crippen LogP contribution in [0.4, 0.5) is 0 Å². The Hall–Kier alpha value is -0.340. The number of aliphatic hydroxyl groups is 2. The molecule has 0 bridgehead atoms. The van der Waals surface area contributed by atoms with Crippen LogP contribution in [-0.4, -0.2) is 21.9 Å². The van der Waals surface area contributed by atoms with E-state index >= 15 is 0 Å². The molecule has 2 aliphatic rings. The Morgan fingerprint density at radius 2 is 2.00 bits per heavy atom. The molecular formula is C15H26O2. The largest absolute Gasteiger partial charge is 0.390 e. The first-order chi connectivity index (χ1) is 7.84. The number of aliphatic hydroxyl groups excluding tert-OH is 1. The molecule has 5 atom stereocenters. The lowest BCUT2D eigenvalue weighted by atomic mass is 9.57. The fraction of sp³-hybridized carbons (Fsp3) is 0.867. The minimum atomic E-state index is -0.911. The van der Waals surface area contributed by atoms with Crippen LogP contribution >= 0.6 is 0 Å². The second-order valence-electron chi connectivity index (χ2n) is 6.63. The Morgan fingerprint density at radius 3 is 2.59 bits per heavy atom. The van der Waals surface area contributed by atoms with Gasteiger partial charge >= 0.3 is 0 Å². The van der Waals surface area contributed by atoms with Crippen LogP contribution in [0.25, 0.3) is 0 Å². The third kappa shape index (κ3) is 2.17. The van der Waals surface area contributed by atoms with Gasteiger partial charge in [0, 0.05) is 0 Å². The van der Waals surface area contributed by atoms with E-state index < -0.39 is 11.7 Å². The van der Waals surface area contributed by atoms with Crippen LogP contribution in [0.2, 0.25) is 0 Å². The first-order valence-electron chi connectivity index (χ1n) is 6.92. The summed E-state index contributed by atoms with van der Waals surface area (Å²) in [6.07, 6.45) is 3.30. The Bertz CT molecular complexity index is 304. The van der Waals surface area contributed by atoms with Crippen LogP contribution in [0.3, 0.4) is 0 Å². The minimum Gasteiger partial charge on any atom is -0.390 e. The van der Waals surface area contributed by atoms with E-state index in [1.165, 1.54) is 5.57 Å². The van der Waals surface area contributed by atoms with E-state index in [9.17, 15) is 10.2 Å². The number of hydrogen-bond donors (Lipinski definition) is 2. The third-order valence-electron chi connectivity index (χ3n) is 5.10. The van der Waals surface area contributed by atoms with E-state index in [0.29, 0.717) is 24.2 Å². The van der Waals surface area contributed by atoms with Gasteiger partial charge in [-0.25, -0.2) is 0 Å². The van der Waals surface area contributed by atoms with Crippen LogP contribution < -0.4 is 0 Å². The number of rotatable bonds is 1. The molecule has 0 aromatic carbocycles. The summed E-state index contributed by atoms with van der Waals surface area (Å²) >= 11 is 0. The van der Waals surface area contributed by atoms with Gasteiger partial charge in [-0.2, -0.15) is 0 Å². The van der Waals surface area contributed by atoms with Crippen LogP contribution in [0.1, 0.15) is 46.5 Å². The van der Waals surface area contributed by atoms with Crippen molar-refractivity contribution in [2.45, 2.75) is 58.2 Å². The van der Waals surface area contributed by atoms with Crippen molar-refractivity contribution >= 4 is 0 Å². The van der Waals surface area contributed by atoms with Crippen LogP contribution in [0.15, 0.2) is 12.2 Å². The molecule has 0 saturated heterocycles. The van der Waals surface area contributed by atoms with Gasteiger partial charge in [0.2, 0.25) is 0 Å². The van der Waals surface area contributed by atoms with Gasteiger partial charge in [-0.05, 0) is 56.3 Å². The Morgan fingerprint density at radius 1 is 1.35 bits per heavy atom. The maximum Gasteiger partial charge on any atom is 0.0880 e. The van der Waals surface area contributed by atoms with Gasteiger partial charge < -0.3 is 10.2 Å². The molecule has 0 amide bonds. The highest BCUT2D eigenvalue weighted by Gasteiger charge is 2.50. The van der Waals surface area contributed by atoms with Gasteiger partial charge in [0.25, 0.3) is 0 Å². The molecule has 5 unspecified atom stereocenters. The highest BCUT2D eigenvalue weighted by Crippen LogP contribution is 2.50. The lowest BCUT2D eigenvalue weighted by molar-refractivity contribution is -0.149. The summed E-state index contributed by atoms with van der Waals surface area (Å²) in [5.74, 6) is 1.72. The van der Waals surface area contributed by atoms with E-state index in [4.69, 9.17) is 0 Å². The number of fused-ring (bicyclic) bond motifs is 1. The zero-order chi connectivity index (χ0) is 12.8. The minimum absolute atomic E-state index is 0.208. The zero-order valence-electron chi connectivity index (χ0n) is 11.3. The molecule has 2 aliphatic carbocycles. The van der Waals surface area contributed by atoms with Gasteiger partial charge in [-0.3, -0.25) is 0 Å². The van der Waals surface area contributed by atoms with Gasteiger partial charge in [-0.15, -0.1) is 0 Å². The summed E-state index contributed by atoms with van der Waals surface area (Å²) in [7, 11) is 0. The molecule has 2 saturated carbocycles. The second-order valence-corrected chi connectivity index (χ2v) is 6.63. The van der Waals surface area contributed by atoms with Gasteiger partial charge in [-0.1, -0.05) is 26.0 Å².